The summed E-state index contributed by atoms with van der Waals surface area (Å²) in [6.45, 7) is 1.89. The molecule has 0 fully saturated rings. The van der Waals surface area contributed by atoms with E-state index in [1.54, 1.807) is 12.4 Å². The molecule has 3 rings (SSSR count). The van der Waals surface area contributed by atoms with E-state index in [4.69, 9.17) is 10.2 Å². The molecule has 4 nitrogen and oxygen atoms in total. The summed E-state index contributed by atoms with van der Waals surface area (Å²) in [6.07, 6.45) is 3.30. The maximum atomic E-state index is 6.18. The standard InChI is InChI=1S/C14H13N3O/c1-9-14(17-7-6-16-9)13(15)12-8-10-4-2-3-5-11(10)18-12/h2-8,13H,15H2,1H3. The second-order valence-corrected chi connectivity index (χ2v) is 4.19. The number of hydrogen-bond acceptors (Lipinski definition) is 4. The molecule has 2 heterocycles. The van der Waals surface area contributed by atoms with Crippen LogP contribution in [0.3, 0.4) is 0 Å². The van der Waals surface area contributed by atoms with Crippen LogP contribution in [0.25, 0.3) is 11.0 Å². The van der Waals surface area contributed by atoms with Crippen molar-refractivity contribution in [3.05, 3.63) is 59.9 Å². The molecule has 18 heavy (non-hydrogen) atoms. The van der Waals surface area contributed by atoms with Gasteiger partial charge in [-0.15, -0.1) is 0 Å². The van der Waals surface area contributed by atoms with Crippen LogP contribution in [0.5, 0.6) is 0 Å². The van der Waals surface area contributed by atoms with Gasteiger partial charge in [-0.2, -0.15) is 0 Å². The second kappa shape index (κ2) is 4.23. The van der Waals surface area contributed by atoms with E-state index in [1.807, 2.05) is 37.3 Å². The molecule has 1 aromatic carbocycles. The molecule has 0 amide bonds. The number of hydrogen-bond donors (Lipinski definition) is 1. The first-order valence-electron chi connectivity index (χ1n) is 5.77. The van der Waals surface area contributed by atoms with Crippen LogP contribution in [0.1, 0.15) is 23.2 Å². The summed E-state index contributed by atoms with van der Waals surface area (Å²) in [5, 5.41) is 1.05. The van der Waals surface area contributed by atoms with Crippen molar-refractivity contribution in [1.29, 1.82) is 0 Å². The van der Waals surface area contributed by atoms with Crippen LogP contribution in [0, 0.1) is 6.92 Å². The fraction of sp³-hybridized carbons (Fsp3) is 0.143. The van der Waals surface area contributed by atoms with Crippen LogP contribution in [-0.4, -0.2) is 9.97 Å². The van der Waals surface area contributed by atoms with Gasteiger partial charge in [0.2, 0.25) is 0 Å². The van der Waals surface area contributed by atoms with Crippen molar-refractivity contribution in [3.63, 3.8) is 0 Å². The van der Waals surface area contributed by atoms with E-state index in [2.05, 4.69) is 9.97 Å². The van der Waals surface area contributed by atoms with Gasteiger partial charge >= 0.3 is 0 Å². The van der Waals surface area contributed by atoms with E-state index in [0.717, 1.165) is 22.4 Å². The molecular weight excluding hydrogens is 226 g/mol. The van der Waals surface area contributed by atoms with Crippen LogP contribution in [0.2, 0.25) is 0 Å². The average Bonchev–Trinajstić information content (AvgIpc) is 2.82. The van der Waals surface area contributed by atoms with Gasteiger partial charge in [0.05, 0.1) is 11.4 Å². The van der Waals surface area contributed by atoms with Gasteiger partial charge in [0.1, 0.15) is 17.4 Å². The van der Waals surface area contributed by atoms with Crippen molar-refractivity contribution >= 4 is 11.0 Å². The van der Waals surface area contributed by atoms with Gasteiger partial charge in [0, 0.05) is 17.8 Å². The zero-order valence-corrected chi connectivity index (χ0v) is 10.00. The Balaban J connectivity index is 2.07. The highest BCUT2D eigenvalue weighted by molar-refractivity contribution is 5.77. The maximum Gasteiger partial charge on any atom is 0.134 e. The minimum absolute atomic E-state index is 0.383. The number of benzene rings is 1. The molecule has 4 heteroatoms. The Hall–Kier alpha value is -2.20. The van der Waals surface area contributed by atoms with Crippen molar-refractivity contribution in [2.24, 2.45) is 5.73 Å². The van der Waals surface area contributed by atoms with Gasteiger partial charge in [-0.3, -0.25) is 9.97 Å². The molecule has 3 aromatic rings. The summed E-state index contributed by atoms with van der Waals surface area (Å²) < 4.78 is 5.75. The number of aromatic nitrogens is 2. The van der Waals surface area contributed by atoms with Gasteiger partial charge in [-0.05, 0) is 19.1 Å². The second-order valence-electron chi connectivity index (χ2n) is 4.19. The minimum atomic E-state index is -0.383. The number of para-hydroxylation sites is 1. The van der Waals surface area contributed by atoms with Crippen molar-refractivity contribution < 1.29 is 4.42 Å². The highest BCUT2D eigenvalue weighted by Crippen LogP contribution is 2.26. The molecule has 1 atom stereocenters. The summed E-state index contributed by atoms with van der Waals surface area (Å²) >= 11 is 0. The van der Waals surface area contributed by atoms with Gasteiger partial charge in [0.15, 0.2) is 0 Å². The highest BCUT2D eigenvalue weighted by atomic mass is 16.3. The number of nitrogens with two attached hydrogens (primary N) is 1. The van der Waals surface area contributed by atoms with E-state index >= 15 is 0 Å². The Labute approximate surface area is 104 Å². The Morgan fingerprint density at radius 3 is 2.72 bits per heavy atom. The van der Waals surface area contributed by atoms with Crippen molar-refractivity contribution in [1.82, 2.24) is 9.97 Å². The van der Waals surface area contributed by atoms with E-state index in [0.29, 0.717) is 5.76 Å². The molecule has 1 unspecified atom stereocenters. The molecule has 2 N–H and O–H groups in total. The topological polar surface area (TPSA) is 64.9 Å². The third-order valence-corrected chi connectivity index (χ3v) is 2.96. The lowest BCUT2D eigenvalue weighted by Crippen LogP contribution is -2.14. The number of furan rings is 1. The van der Waals surface area contributed by atoms with Crippen molar-refractivity contribution in [3.8, 4) is 0 Å². The Morgan fingerprint density at radius 2 is 1.94 bits per heavy atom. The molecule has 0 aliphatic heterocycles. The number of aryl methyl sites for hydroxylation is 1. The monoisotopic (exact) mass is 239 g/mol. The highest BCUT2D eigenvalue weighted by Gasteiger charge is 2.17. The van der Waals surface area contributed by atoms with Crippen LogP contribution in [0.4, 0.5) is 0 Å². The summed E-state index contributed by atoms with van der Waals surface area (Å²) in [7, 11) is 0. The van der Waals surface area contributed by atoms with Crippen molar-refractivity contribution in [2.75, 3.05) is 0 Å². The summed E-state index contributed by atoms with van der Waals surface area (Å²) in [4.78, 5) is 8.47. The van der Waals surface area contributed by atoms with Crippen molar-refractivity contribution in [2.45, 2.75) is 13.0 Å². The van der Waals surface area contributed by atoms with E-state index in [1.165, 1.54) is 0 Å². The predicted octanol–water partition coefficient (Wildman–Crippen LogP) is 2.58. The fourth-order valence-corrected chi connectivity index (χ4v) is 2.01. The molecular formula is C14H13N3O. The smallest absolute Gasteiger partial charge is 0.134 e. The van der Waals surface area contributed by atoms with Crippen LogP contribution in [-0.2, 0) is 0 Å². The van der Waals surface area contributed by atoms with E-state index in [9.17, 15) is 0 Å². The predicted molar refractivity (Wildman–Crippen MR) is 69.0 cm³/mol. The minimum Gasteiger partial charge on any atom is -0.459 e. The van der Waals surface area contributed by atoms with Gasteiger partial charge in [-0.25, -0.2) is 0 Å². The molecule has 0 saturated carbocycles. The number of nitrogens with zero attached hydrogens (tertiary/aromatic N) is 2. The number of fused-ring (bicyclic) bond motifs is 1. The first-order valence-corrected chi connectivity index (χ1v) is 5.77. The molecule has 0 spiro atoms. The average molecular weight is 239 g/mol. The normalized spacial score (nSPS) is 12.8. The van der Waals surface area contributed by atoms with E-state index < -0.39 is 0 Å². The Morgan fingerprint density at radius 1 is 1.17 bits per heavy atom. The zero-order chi connectivity index (χ0) is 12.5. The van der Waals surface area contributed by atoms with Gasteiger partial charge in [-0.1, -0.05) is 18.2 Å². The lowest BCUT2D eigenvalue weighted by atomic mass is 10.1. The molecule has 2 aromatic heterocycles. The van der Waals surface area contributed by atoms with Crippen LogP contribution in [0.15, 0.2) is 47.1 Å². The van der Waals surface area contributed by atoms with Crippen LogP contribution < -0.4 is 5.73 Å². The maximum absolute atomic E-state index is 6.18. The lowest BCUT2D eigenvalue weighted by Gasteiger charge is -2.09. The Bertz CT molecular complexity index is 657. The Kier molecular flexibility index (Phi) is 2.57. The SMILES string of the molecule is Cc1nccnc1C(N)c1cc2ccccc2o1. The molecule has 0 radical (unpaired) electrons. The molecule has 0 bridgehead atoms. The molecule has 0 aliphatic carbocycles. The summed E-state index contributed by atoms with van der Waals surface area (Å²) in [5.74, 6) is 0.708. The quantitative estimate of drug-likeness (QED) is 0.746. The third-order valence-electron chi connectivity index (χ3n) is 2.96. The first kappa shape index (κ1) is 10.9. The first-order chi connectivity index (χ1) is 8.75. The summed E-state index contributed by atoms with van der Waals surface area (Å²) in [6, 6.07) is 9.41. The third kappa shape index (κ3) is 1.76. The van der Waals surface area contributed by atoms with Gasteiger partial charge < -0.3 is 10.2 Å². The van der Waals surface area contributed by atoms with Crippen LogP contribution >= 0.6 is 0 Å². The summed E-state index contributed by atoms with van der Waals surface area (Å²) in [5.41, 5.74) is 8.59. The molecule has 90 valence electrons. The lowest BCUT2D eigenvalue weighted by molar-refractivity contribution is 0.518. The number of rotatable bonds is 2. The molecule has 0 saturated heterocycles. The van der Waals surface area contributed by atoms with Gasteiger partial charge in [0.25, 0.3) is 0 Å². The largest absolute Gasteiger partial charge is 0.459 e. The zero-order valence-electron chi connectivity index (χ0n) is 10.00. The molecule has 0 aliphatic rings. The van der Waals surface area contributed by atoms with E-state index in [-0.39, 0.29) is 6.04 Å². The fourth-order valence-electron chi connectivity index (χ4n) is 2.01.